The number of nitrogens with zero attached hydrogens (tertiary/aromatic N) is 1. The molecule has 1 atom stereocenters. The number of ether oxygens (including phenoxy) is 1. The molecular weight excluding hydrogens is 444 g/mol. The Balaban J connectivity index is 1.82. The Hall–Kier alpha value is -4.39. The molecule has 0 aromatic heterocycles. The summed E-state index contributed by atoms with van der Waals surface area (Å²) in [4.78, 5) is 39.2. The zero-order valence-corrected chi connectivity index (χ0v) is 19.5. The first-order valence-electron chi connectivity index (χ1n) is 11.4. The second-order valence-corrected chi connectivity index (χ2v) is 8.18. The predicted octanol–water partition coefficient (Wildman–Crippen LogP) is 5.06. The van der Waals surface area contributed by atoms with Gasteiger partial charge in [-0.05, 0) is 48.4 Å². The number of Topliss-reactive ketones (excluding diaryl/α,β-unsaturated/α-hetero) is 1. The van der Waals surface area contributed by atoms with E-state index in [1.807, 2.05) is 37.3 Å². The molecule has 2 amide bonds. The largest absolute Gasteiger partial charge is 0.507 e. The minimum absolute atomic E-state index is 0.000205. The highest BCUT2D eigenvalue weighted by Crippen LogP contribution is 2.42. The highest BCUT2D eigenvalue weighted by Gasteiger charge is 2.46. The minimum atomic E-state index is -0.831. The normalized spacial score (nSPS) is 16.9. The lowest BCUT2D eigenvalue weighted by Gasteiger charge is -2.25. The number of aliphatic hydroxyl groups excluding tert-OH is 1. The molecule has 0 aliphatic carbocycles. The average molecular weight is 471 g/mol. The number of amides is 2. The molecule has 0 radical (unpaired) electrons. The SMILES string of the molecule is CCCOc1cccc(/C(O)=C2/C(=O)C(=O)N(c3ccc(NC(C)=O)cc3)C2c2ccccc2)c1. The fourth-order valence-electron chi connectivity index (χ4n) is 4.07. The summed E-state index contributed by atoms with van der Waals surface area (Å²) in [6.45, 7) is 3.92. The van der Waals surface area contributed by atoms with E-state index in [1.54, 1.807) is 48.5 Å². The Morgan fingerprint density at radius 3 is 2.37 bits per heavy atom. The van der Waals surface area contributed by atoms with Gasteiger partial charge in [0.05, 0.1) is 18.2 Å². The maximum Gasteiger partial charge on any atom is 0.300 e. The maximum absolute atomic E-state index is 13.3. The molecule has 178 valence electrons. The van der Waals surface area contributed by atoms with Crippen molar-refractivity contribution in [3.63, 3.8) is 0 Å². The molecule has 1 heterocycles. The van der Waals surface area contributed by atoms with Gasteiger partial charge < -0.3 is 15.2 Å². The molecule has 1 saturated heterocycles. The number of carbonyl (C=O) groups excluding carboxylic acids is 3. The van der Waals surface area contributed by atoms with Crippen LogP contribution in [-0.4, -0.2) is 29.3 Å². The molecule has 0 spiro atoms. The summed E-state index contributed by atoms with van der Waals surface area (Å²) in [6.07, 6.45) is 0.829. The summed E-state index contributed by atoms with van der Waals surface area (Å²) >= 11 is 0. The van der Waals surface area contributed by atoms with Gasteiger partial charge >= 0.3 is 0 Å². The molecular formula is C28H26N2O5. The lowest BCUT2D eigenvalue weighted by molar-refractivity contribution is -0.132. The number of carbonyl (C=O) groups is 3. The van der Waals surface area contributed by atoms with Crippen LogP contribution in [0.4, 0.5) is 11.4 Å². The van der Waals surface area contributed by atoms with Gasteiger partial charge in [0.15, 0.2) is 0 Å². The number of rotatable bonds is 7. The van der Waals surface area contributed by atoms with Crippen molar-refractivity contribution >= 4 is 34.7 Å². The average Bonchev–Trinajstić information content (AvgIpc) is 3.13. The summed E-state index contributed by atoms with van der Waals surface area (Å²) in [5.41, 5.74) is 2.10. The van der Waals surface area contributed by atoms with Crippen LogP contribution in [0.25, 0.3) is 5.76 Å². The highest BCUT2D eigenvalue weighted by molar-refractivity contribution is 6.51. The van der Waals surface area contributed by atoms with Gasteiger partial charge in [-0.25, -0.2) is 0 Å². The van der Waals surface area contributed by atoms with Crippen LogP contribution in [0.15, 0.2) is 84.4 Å². The summed E-state index contributed by atoms with van der Waals surface area (Å²) in [5.74, 6) is -1.44. The van der Waals surface area contributed by atoms with Crippen LogP contribution in [0, 0.1) is 0 Å². The van der Waals surface area contributed by atoms with Crippen molar-refractivity contribution in [3.05, 3.63) is 95.6 Å². The van der Waals surface area contributed by atoms with E-state index >= 15 is 0 Å². The molecule has 7 heteroatoms. The molecule has 1 aliphatic heterocycles. The van der Waals surface area contributed by atoms with Gasteiger partial charge in [0.1, 0.15) is 11.5 Å². The van der Waals surface area contributed by atoms with E-state index in [4.69, 9.17) is 4.74 Å². The first kappa shape index (κ1) is 23.8. The van der Waals surface area contributed by atoms with E-state index in [0.29, 0.717) is 34.9 Å². The summed E-state index contributed by atoms with van der Waals surface area (Å²) in [6, 6.07) is 21.7. The lowest BCUT2D eigenvalue weighted by Crippen LogP contribution is -2.29. The Kier molecular flexibility index (Phi) is 6.96. The van der Waals surface area contributed by atoms with E-state index < -0.39 is 17.7 Å². The number of anilines is 2. The molecule has 1 fully saturated rings. The van der Waals surface area contributed by atoms with E-state index in [2.05, 4.69) is 5.32 Å². The van der Waals surface area contributed by atoms with Crippen molar-refractivity contribution < 1.29 is 24.2 Å². The third-order valence-corrected chi connectivity index (χ3v) is 5.61. The van der Waals surface area contributed by atoms with E-state index in [-0.39, 0.29) is 17.2 Å². The molecule has 3 aromatic rings. The van der Waals surface area contributed by atoms with Crippen LogP contribution in [0.2, 0.25) is 0 Å². The molecule has 35 heavy (non-hydrogen) atoms. The molecule has 0 saturated carbocycles. The van der Waals surface area contributed by atoms with Crippen LogP contribution in [0.5, 0.6) is 5.75 Å². The lowest BCUT2D eigenvalue weighted by atomic mass is 9.95. The van der Waals surface area contributed by atoms with Gasteiger partial charge in [0.25, 0.3) is 11.7 Å². The van der Waals surface area contributed by atoms with Crippen molar-refractivity contribution in [2.45, 2.75) is 26.3 Å². The summed E-state index contributed by atoms with van der Waals surface area (Å²) < 4.78 is 5.67. The minimum Gasteiger partial charge on any atom is -0.507 e. The standard InChI is InChI=1S/C28H26N2O5/c1-3-16-35-23-11-7-10-20(17-23)26(32)24-25(19-8-5-4-6-9-19)30(28(34)27(24)33)22-14-12-21(13-15-22)29-18(2)31/h4-15,17,25,32H,3,16H2,1-2H3,(H,29,31)/b26-24-. The molecule has 2 N–H and O–H groups in total. The van der Waals surface area contributed by atoms with Crippen LogP contribution in [-0.2, 0) is 14.4 Å². The fraction of sp³-hybridized carbons (Fsp3) is 0.179. The highest BCUT2D eigenvalue weighted by atomic mass is 16.5. The summed E-state index contributed by atoms with van der Waals surface area (Å²) in [7, 11) is 0. The Labute approximate surface area is 203 Å². The third-order valence-electron chi connectivity index (χ3n) is 5.61. The third kappa shape index (κ3) is 4.94. The van der Waals surface area contributed by atoms with Gasteiger partial charge in [0, 0.05) is 23.9 Å². The van der Waals surface area contributed by atoms with E-state index in [9.17, 15) is 19.5 Å². The number of hydrogen-bond acceptors (Lipinski definition) is 5. The van der Waals surface area contributed by atoms with Crippen LogP contribution < -0.4 is 15.0 Å². The van der Waals surface area contributed by atoms with Crippen LogP contribution in [0.1, 0.15) is 37.4 Å². The number of nitrogens with one attached hydrogen (secondary N) is 1. The first-order valence-corrected chi connectivity index (χ1v) is 11.4. The zero-order valence-electron chi connectivity index (χ0n) is 19.5. The smallest absolute Gasteiger partial charge is 0.300 e. The zero-order chi connectivity index (χ0) is 24.9. The van der Waals surface area contributed by atoms with Crippen molar-refractivity contribution in [1.29, 1.82) is 0 Å². The summed E-state index contributed by atoms with van der Waals surface area (Å²) in [5, 5.41) is 14.0. The topological polar surface area (TPSA) is 95.9 Å². The monoisotopic (exact) mass is 470 g/mol. The van der Waals surface area contributed by atoms with E-state index in [0.717, 1.165) is 6.42 Å². The van der Waals surface area contributed by atoms with Crippen LogP contribution in [0.3, 0.4) is 0 Å². The quantitative estimate of drug-likeness (QED) is 0.286. The van der Waals surface area contributed by atoms with Gasteiger partial charge in [-0.3, -0.25) is 19.3 Å². The number of benzene rings is 3. The Bertz CT molecular complexity index is 1280. The first-order chi connectivity index (χ1) is 16.9. The number of aliphatic hydroxyl groups is 1. The van der Waals surface area contributed by atoms with Gasteiger partial charge in [0.2, 0.25) is 5.91 Å². The Morgan fingerprint density at radius 1 is 1.00 bits per heavy atom. The fourth-order valence-corrected chi connectivity index (χ4v) is 4.07. The van der Waals surface area contributed by atoms with Crippen molar-refractivity contribution in [3.8, 4) is 5.75 Å². The van der Waals surface area contributed by atoms with Crippen molar-refractivity contribution in [2.75, 3.05) is 16.8 Å². The van der Waals surface area contributed by atoms with Crippen LogP contribution >= 0.6 is 0 Å². The second kappa shape index (κ2) is 10.3. The van der Waals surface area contributed by atoms with Gasteiger partial charge in [-0.1, -0.05) is 49.4 Å². The molecule has 7 nitrogen and oxygen atoms in total. The number of hydrogen-bond donors (Lipinski definition) is 2. The predicted molar refractivity (Wildman–Crippen MR) is 134 cm³/mol. The molecule has 0 bridgehead atoms. The molecule has 1 aliphatic rings. The molecule has 3 aromatic carbocycles. The van der Waals surface area contributed by atoms with Crippen molar-refractivity contribution in [1.82, 2.24) is 0 Å². The van der Waals surface area contributed by atoms with E-state index in [1.165, 1.54) is 11.8 Å². The van der Waals surface area contributed by atoms with Gasteiger partial charge in [-0.2, -0.15) is 0 Å². The van der Waals surface area contributed by atoms with Crippen molar-refractivity contribution in [2.24, 2.45) is 0 Å². The Morgan fingerprint density at radius 2 is 1.71 bits per heavy atom. The van der Waals surface area contributed by atoms with Gasteiger partial charge in [-0.15, -0.1) is 0 Å². The maximum atomic E-state index is 13.3. The molecule has 4 rings (SSSR count). The molecule has 1 unspecified atom stereocenters. The number of ketones is 1. The second-order valence-electron chi connectivity index (χ2n) is 8.18.